The lowest BCUT2D eigenvalue weighted by atomic mass is 9.95. The second-order valence-corrected chi connectivity index (χ2v) is 7.29. The van der Waals surface area contributed by atoms with Crippen molar-refractivity contribution in [3.8, 4) is 0 Å². The summed E-state index contributed by atoms with van der Waals surface area (Å²) in [6, 6.07) is 16.2. The first-order valence-electron chi connectivity index (χ1n) is 10.1. The number of carbonyl (C=O) groups excluding carboxylic acids is 3. The lowest BCUT2D eigenvalue weighted by Crippen LogP contribution is -2.29. The zero-order valence-electron chi connectivity index (χ0n) is 17.0. The average Bonchev–Trinajstić information content (AvgIpc) is 2.79. The quantitative estimate of drug-likeness (QED) is 0.537. The second kappa shape index (κ2) is 10.4. The maximum absolute atomic E-state index is 12.7. The average molecular weight is 406 g/mol. The maximum Gasteiger partial charge on any atom is 0.309 e. The molecule has 6 heteroatoms. The van der Waals surface area contributed by atoms with Gasteiger partial charge in [0.2, 0.25) is 0 Å². The minimum absolute atomic E-state index is 0.187. The Labute approximate surface area is 176 Å². The van der Waals surface area contributed by atoms with Crippen LogP contribution in [0.15, 0.2) is 66.7 Å². The molecular weight excluding hydrogens is 380 g/mol. The Bertz CT molecular complexity index is 924. The van der Waals surface area contributed by atoms with Crippen molar-refractivity contribution in [3.05, 3.63) is 77.9 Å². The molecule has 2 aromatic carbocycles. The molecule has 0 bridgehead atoms. The molecule has 0 aromatic heterocycles. The van der Waals surface area contributed by atoms with Crippen LogP contribution in [0.25, 0.3) is 0 Å². The summed E-state index contributed by atoms with van der Waals surface area (Å²) in [6.45, 7) is 1.52. The summed E-state index contributed by atoms with van der Waals surface area (Å²) in [7, 11) is 0. The molecule has 0 heterocycles. The summed E-state index contributed by atoms with van der Waals surface area (Å²) in [5, 5.41) is 5.61. The largest absolute Gasteiger partial charge is 0.455 e. The number of benzene rings is 2. The lowest BCUT2D eigenvalue weighted by molar-refractivity contribution is -0.151. The standard InChI is InChI=1S/C24H26N2O4/c1-17(18-10-4-2-5-11-18)25-23(28)20-14-8-9-15-21(20)26-22(27)16-30-24(29)19-12-6-3-7-13-19/h2-6,8-11,14-15,17,19H,7,12-13,16H2,1H3,(H,25,28)(H,26,27). The number of hydrogen-bond acceptors (Lipinski definition) is 4. The topological polar surface area (TPSA) is 84.5 Å². The first kappa shape index (κ1) is 21.3. The third-order valence-electron chi connectivity index (χ3n) is 5.04. The molecule has 0 saturated heterocycles. The lowest BCUT2D eigenvalue weighted by Gasteiger charge is -2.17. The number of anilines is 1. The van der Waals surface area contributed by atoms with Gasteiger partial charge < -0.3 is 15.4 Å². The van der Waals surface area contributed by atoms with E-state index in [1.54, 1.807) is 24.3 Å². The first-order chi connectivity index (χ1) is 14.5. The van der Waals surface area contributed by atoms with E-state index >= 15 is 0 Å². The van der Waals surface area contributed by atoms with Gasteiger partial charge in [-0.25, -0.2) is 0 Å². The van der Waals surface area contributed by atoms with Crippen molar-refractivity contribution in [1.82, 2.24) is 5.32 Å². The monoisotopic (exact) mass is 406 g/mol. The summed E-state index contributed by atoms with van der Waals surface area (Å²) in [4.78, 5) is 37.1. The van der Waals surface area contributed by atoms with Gasteiger partial charge in [0.25, 0.3) is 11.8 Å². The van der Waals surface area contributed by atoms with E-state index in [4.69, 9.17) is 4.74 Å². The smallest absolute Gasteiger partial charge is 0.309 e. The highest BCUT2D eigenvalue weighted by Crippen LogP contribution is 2.20. The first-order valence-corrected chi connectivity index (χ1v) is 10.1. The van der Waals surface area contributed by atoms with Crippen LogP contribution in [0.5, 0.6) is 0 Å². The molecule has 30 heavy (non-hydrogen) atoms. The molecule has 156 valence electrons. The van der Waals surface area contributed by atoms with Crippen LogP contribution in [-0.2, 0) is 14.3 Å². The molecule has 2 aromatic rings. The molecule has 2 amide bonds. The maximum atomic E-state index is 12.7. The van der Waals surface area contributed by atoms with Crippen molar-refractivity contribution < 1.29 is 19.1 Å². The molecule has 2 N–H and O–H groups in total. The number of para-hydroxylation sites is 1. The Kier molecular flexibility index (Phi) is 7.38. The van der Waals surface area contributed by atoms with Crippen LogP contribution in [0.3, 0.4) is 0 Å². The van der Waals surface area contributed by atoms with Crippen molar-refractivity contribution in [2.24, 2.45) is 5.92 Å². The predicted molar refractivity (Wildman–Crippen MR) is 115 cm³/mol. The highest BCUT2D eigenvalue weighted by molar-refractivity contribution is 6.04. The zero-order chi connectivity index (χ0) is 21.3. The van der Waals surface area contributed by atoms with Gasteiger partial charge in [-0.3, -0.25) is 14.4 Å². The molecule has 0 spiro atoms. The fourth-order valence-electron chi connectivity index (χ4n) is 3.34. The highest BCUT2D eigenvalue weighted by Gasteiger charge is 2.21. The zero-order valence-corrected chi connectivity index (χ0v) is 17.0. The number of nitrogens with one attached hydrogen (secondary N) is 2. The van der Waals surface area contributed by atoms with Gasteiger partial charge in [0.15, 0.2) is 6.61 Å². The molecule has 3 rings (SSSR count). The second-order valence-electron chi connectivity index (χ2n) is 7.29. The van der Waals surface area contributed by atoms with Gasteiger partial charge in [0.1, 0.15) is 0 Å². The number of ether oxygens (including phenoxy) is 1. The van der Waals surface area contributed by atoms with Gasteiger partial charge in [0.05, 0.1) is 23.2 Å². The van der Waals surface area contributed by atoms with Crippen LogP contribution >= 0.6 is 0 Å². The molecule has 0 fully saturated rings. The molecule has 0 radical (unpaired) electrons. The van der Waals surface area contributed by atoms with E-state index in [0.29, 0.717) is 17.7 Å². The Morgan fingerprint density at radius 2 is 1.77 bits per heavy atom. The Morgan fingerprint density at radius 1 is 1.03 bits per heavy atom. The summed E-state index contributed by atoms with van der Waals surface area (Å²) in [5.41, 5.74) is 1.70. The van der Waals surface area contributed by atoms with Crippen LogP contribution in [0.4, 0.5) is 5.69 Å². The van der Waals surface area contributed by atoms with Gasteiger partial charge in [0, 0.05) is 0 Å². The molecule has 0 saturated carbocycles. The molecule has 0 aliphatic heterocycles. The van der Waals surface area contributed by atoms with Crippen molar-refractivity contribution >= 4 is 23.5 Å². The van der Waals surface area contributed by atoms with E-state index in [1.165, 1.54) is 0 Å². The number of rotatable bonds is 7. The third kappa shape index (κ3) is 5.80. The van der Waals surface area contributed by atoms with E-state index in [-0.39, 0.29) is 30.4 Å². The van der Waals surface area contributed by atoms with Crippen LogP contribution in [0.1, 0.15) is 48.1 Å². The SMILES string of the molecule is CC(NC(=O)c1ccccc1NC(=O)COC(=O)C1CC=CCC1)c1ccccc1. The van der Waals surface area contributed by atoms with Crippen LogP contribution in [0.2, 0.25) is 0 Å². The number of allylic oxidation sites excluding steroid dienone is 2. The molecule has 2 unspecified atom stereocenters. The van der Waals surface area contributed by atoms with Crippen LogP contribution < -0.4 is 10.6 Å². The number of amides is 2. The van der Waals surface area contributed by atoms with E-state index < -0.39 is 5.91 Å². The van der Waals surface area contributed by atoms with Crippen molar-refractivity contribution in [2.45, 2.75) is 32.2 Å². The highest BCUT2D eigenvalue weighted by atomic mass is 16.5. The Balaban J connectivity index is 1.57. The number of hydrogen-bond donors (Lipinski definition) is 2. The van der Waals surface area contributed by atoms with E-state index in [1.807, 2.05) is 49.4 Å². The fourth-order valence-corrected chi connectivity index (χ4v) is 3.34. The third-order valence-corrected chi connectivity index (χ3v) is 5.04. The number of carbonyl (C=O) groups is 3. The van der Waals surface area contributed by atoms with Gasteiger partial charge >= 0.3 is 5.97 Å². The van der Waals surface area contributed by atoms with Crippen molar-refractivity contribution in [1.29, 1.82) is 0 Å². The summed E-state index contributed by atoms with van der Waals surface area (Å²) in [6.07, 6.45) is 6.22. The molecule has 1 aliphatic carbocycles. The van der Waals surface area contributed by atoms with Gasteiger partial charge in [-0.2, -0.15) is 0 Å². The van der Waals surface area contributed by atoms with Crippen molar-refractivity contribution in [2.75, 3.05) is 11.9 Å². The van der Waals surface area contributed by atoms with Crippen LogP contribution in [0, 0.1) is 5.92 Å². The fraction of sp³-hybridized carbons (Fsp3) is 0.292. The Morgan fingerprint density at radius 3 is 2.50 bits per heavy atom. The molecular formula is C24H26N2O4. The van der Waals surface area contributed by atoms with E-state index in [0.717, 1.165) is 18.4 Å². The van der Waals surface area contributed by atoms with Crippen LogP contribution in [-0.4, -0.2) is 24.4 Å². The molecule has 6 nitrogen and oxygen atoms in total. The van der Waals surface area contributed by atoms with Gasteiger partial charge in [-0.1, -0.05) is 54.6 Å². The van der Waals surface area contributed by atoms with Gasteiger partial charge in [-0.15, -0.1) is 0 Å². The summed E-state index contributed by atoms with van der Waals surface area (Å²) < 4.78 is 5.15. The summed E-state index contributed by atoms with van der Waals surface area (Å²) >= 11 is 0. The Hall–Kier alpha value is -3.41. The molecule has 2 atom stereocenters. The minimum Gasteiger partial charge on any atom is -0.455 e. The van der Waals surface area contributed by atoms with Gasteiger partial charge in [-0.05, 0) is 43.9 Å². The van der Waals surface area contributed by atoms with Crippen molar-refractivity contribution in [3.63, 3.8) is 0 Å². The van der Waals surface area contributed by atoms with E-state index in [2.05, 4.69) is 10.6 Å². The normalized spacial score (nSPS) is 16.4. The minimum atomic E-state index is -0.481. The van der Waals surface area contributed by atoms with E-state index in [9.17, 15) is 14.4 Å². The summed E-state index contributed by atoms with van der Waals surface area (Å²) in [5.74, 6) is -1.34. The molecule has 1 aliphatic rings. The predicted octanol–water partition coefficient (Wildman–Crippen LogP) is 4.02. The number of esters is 1.